The highest BCUT2D eigenvalue weighted by Crippen LogP contribution is 2.25. The summed E-state index contributed by atoms with van der Waals surface area (Å²) in [5, 5.41) is 0. The molecule has 0 saturated heterocycles. The van der Waals surface area contributed by atoms with Crippen LogP contribution < -0.4 is 0 Å². The first-order chi connectivity index (χ1) is 7.58. The van der Waals surface area contributed by atoms with Crippen LogP contribution in [0.5, 0.6) is 0 Å². The SMILES string of the molecule is CCC(CC)(C(=O)c1cncnc1)N(C)C. The van der Waals surface area contributed by atoms with Crippen LogP contribution in [0.1, 0.15) is 37.0 Å². The quantitative estimate of drug-likeness (QED) is 0.711. The van der Waals surface area contributed by atoms with Gasteiger partial charge >= 0.3 is 0 Å². The van der Waals surface area contributed by atoms with Crippen molar-refractivity contribution in [2.75, 3.05) is 14.1 Å². The topological polar surface area (TPSA) is 46.1 Å². The van der Waals surface area contributed by atoms with Gasteiger partial charge in [-0.2, -0.15) is 0 Å². The molecular formula is C12H19N3O. The third-order valence-electron chi connectivity index (χ3n) is 3.27. The van der Waals surface area contributed by atoms with Crippen LogP contribution in [0.15, 0.2) is 18.7 Å². The molecule has 0 amide bonds. The maximum atomic E-state index is 12.4. The lowest BCUT2D eigenvalue weighted by Crippen LogP contribution is -2.50. The molecular weight excluding hydrogens is 202 g/mol. The van der Waals surface area contributed by atoms with E-state index in [2.05, 4.69) is 9.97 Å². The normalized spacial score (nSPS) is 11.8. The molecule has 0 bridgehead atoms. The molecule has 0 aliphatic carbocycles. The van der Waals surface area contributed by atoms with Crippen molar-refractivity contribution in [2.45, 2.75) is 32.2 Å². The lowest BCUT2D eigenvalue weighted by molar-refractivity contribution is 0.0655. The zero-order valence-electron chi connectivity index (χ0n) is 10.4. The van der Waals surface area contributed by atoms with E-state index in [-0.39, 0.29) is 5.78 Å². The lowest BCUT2D eigenvalue weighted by atomic mass is 9.84. The molecule has 16 heavy (non-hydrogen) atoms. The number of Topliss-reactive ketones (excluding diaryl/α,β-unsaturated/α-hetero) is 1. The Balaban J connectivity index is 3.10. The Bertz CT molecular complexity index is 345. The maximum Gasteiger partial charge on any atom is 0.186 e. The summed E-state index contributed by atoms with van der Waals surface area (Å²) in [6.45, 7) is 4.07. The van der Waals surface area contributed by atoms with Crippen LogP contribution in [0.25, 0.3) is 0 Å². The van der Waals surface area contributed by atoms with E-state index in [0.717, 1.165) is 12.8 Å². The molecule has 88 valence electrons. The van der Waals surface area contributed by atoms with Crippen LogP contribution in [0.2, 0.25) is 0 Å². The predicted molar refractivity (Wildman–Crippen MR) is 63.4 cm³/mol. The Morgan fingerprint density at radius 1 is 1.25 bits per heavy atom. The highest BCUT2D eigenvalue weighted by molar-refractivity contribution is 6.02. The fraction of sp³-hybridized carbons (Fsp3) is 0.583. The highest BCUT2D eigenvalue weighted by atomic mass is 16.1. The van der Waals surface area contributed by atoms with E-state index in [0.29, 0.717) is 5.56 Å². The standard InChI is InChI=1S/C12H19N3O/c1-5-12(6-2,15(3)4)11(16)10-7-13-9-14-8-10/h7-9H,5-6H2,1-4H3. The van der Waals surface area contributed by atoms with Crippen molar-refractivity contribution >= 4 is 5.78 Å². The molecule has 0 fully saturated rings. The summed E-state index contributed by atoms with van der Waals surface area (Å²) in [6.07, 6.45) is 6.16. The minimum Gasteiger partial charge on any atom is -0.297 e. The number of hydrogen-bond donors (Lipinski definition) is 0. The zero-order chi connectivity index (χ0) is 12.2. The van der Waals surface area contributed by atoms with Gasteiger partial charge in [-0.3, -0.25) is 9.69 Å². The molecule has 0 unspecified atom stereocenters. The van der Waals surface area contributed by atoms with E-state index in [1.54, 1.807) is 12.4 Å². The van der Waals surface area contributed by atoms with Crippen LogP contribution in [0, 0.1) is 0 Å². The summed E-state index contributed by atoms with van der Waals surface area (Å²) < 4.78 is 0. The van der Waals surface area contributed by atoms with Gasteiger partial charge in [-0.25, -0.2) is 9.97 Å². The molecule has 4 heteroatoms. The number of likely N-dealkylation sites (N-methyl/N-ethyl adjacent to an activating group) is 1. The van der Waals surface area contributed by atoms with Crippen LogP contribution in [-0.4, -0.2) is 40.3 Å². The van der Waals surface area contributed by atoms with Crippen molar-refractivity contribution < 1.29 is 4.79 Å². The first-order valence-corrected chi connectivity index (χ1v) is 5.55. The molecule has 0 N–H and O–H groups in total. The van der Waals surface area contributed by atoms with Gasteiger partial charge in [0, 0.05) is 12.4 Å². The Morgan fingerprint density at radius 3 is 2.12 bits per heavy atom. The van der Waals surface area contributed by atoms with Crippen LogP contribution in [0.3, 0.4) is 0 Å². The summed E-state index contributed by atoms with van der Waals surface area (Å²) in [6, 6.07) is 0. The molecule has 0 aromatic carbocycles. The third-order valence-corrected chi connectivity index (χ3v) is 3.27. The number of carbonyl (C=O) groups excluding carboxylic acids is 1. The number of hydrogen-bond acceptors (Lipinski definition) is 4. The smallest absolute Gasteiger partial charge is 0.186 e. The summed E-state index contributed by atoms with van der Waals surface area (Å²) in [5.41, 5.74) is 0.143. The summed E-state index contributed by atoms with van der Waals surface area (Å²) >= 11 is 0. The second kappa shape index (κ2) is 5.16. The fourth-order valence-electron chi connectivity index (χ4n) is 2.09. The largest absolute Gasteiger partial charge is 0.297 e. The van der Waals surface area contributed by atoms with Crippen molar-refractivity contribution in [1.29, 1.82) is 0 Å². The molecule has 0 saturated carbocycles. The van der Waals surface area contributed by atoms with E-state index in [1.165, 1.54) is 6.33 Å². The zero-order valence-corrected chi connectivity index (χ0v) is 10.4. The molecule has 1 aromatic heterocycles. The average molecular weight is 221 g/mol. The Hall–Kier alpha value is -1.29. The van der Waals surface area contributed by atoms with Gasteiger partial charge in [0.05, 0.1) is 11.1 Å². The molecule has 1 heterocycles. The van der Waals surface area contributed by atoms with Gasteiger partial charge in [-0.05, 0) is 26.9 Å². The fourth-order valence-corrected chi connectivity index (χ4v) is 2.09. The first kappa shape index (κ1) is 12.8. The van der Waals surface area contributed by atoms with Gasteiger partial charge in [0.1, 0.15) is 6.33 Å². The van der Waals surface area contributed by atoms with Gasteiger partial charge in [-0.1, -0.05) is 13.8 Å². The second-order valence-electron chi connectivity index (χ2n) is 4.09. The monoisotopic (exact) mass is 221 g/mol. The third kappa shape index (κ3) is 2.11. The molecule has 4 nitrogen and oxygen atoms in total. The Kier molecular flexibility index (Phi) is 4.12. The van der Waals surface area contributed by atoms with Crippen LogP contribution in [-0.2, 0) is 0 Å². The molecule has 0 aliphatic heterocycles. The van der Waals surface area contributed by atoms with Crippen LogP contribution >= 0.6 is 0 Å². The first-order valence-electron chi connectivity index (χ1n) is 5.55. The molecule has 0 radical (unpaired) electrons. The van der Waals surface area contributed by atoms with E-state index >= 15 is 0 Å². The van der Waals surface area contributed by atoms with Gasteiger partial charge in [0.25, 0.3) is 0 Å². The van der Waals surface area contributed by atoms with Gasteiger partial charge in [0.15, 0.2) is 5.78 Å². The Labute approximate surface area is 96.7 Å². The van der Waals surface area contributed by atoms with Crippen LogP contribution in [0.4, 0.5) is 0 Å². The summed E-state index contributed by atoms with van der Waals surface area (Å²) in [4.78, 5) is 22.2. The highest BCUT2D eigenvalue weighted by Gasteiger charge is 2.37. The van der Waals surface area contributed by atoms with Gasteiger partial charge in [-0.15, -0.1) is 0 Å². The average Bonchev–Trinajstić information content (AvgIpc) is 2.32. The molecule has 0 spiro atoms. The van der Waals surface area contributed by atoms with E-state index in [1.807, 2.05) is 32.8 Å². The minimum absolute atomic E-state index is 0.100. The Morgan fingerprint density at radius 2 is 1.75 bits per heavy atom. The van der Waals surface area contributed by atoms with E-state index in [9.17, 15) is 4.79 Å². The number of nitrogens with zero attached hydrogens (tertiary/aromatic N) is 3. The number of ketones is 1. The maximum absolute atomic E-state index is 12.4. The minimum atomic E-state index is -0.440. The molecule has 1 rings (SSSR count). The summed E-state index contributed by atoms with van der Waals surface area (Å²) in [5.74, 6) is 0.100. The predicted octanol–water partition coefficient (Wildman–Crippen LogP) is 1.78. The summed E-state index contributed by atoms with van der Waals surface area (Å²) in [7, 11) is 3.88. The lowest BCUT2D eigenvalue weighted by Gasteiger charge is -2.36. The van der Waals surface area contributed by atoms with Crippen molar-refractivity contribution in [2.24, 2.45) is 0 Å². The number of rotatable bonds is 5. The van der Waals surface area contributed by atoms with Crippen molar-refractivity contribution in [3.05, 3.63) is 24.3 Å². The number of carbonyl (C=O) groups is 1. The van der Waals surface area contributed by atoms with E-state index < -0.39 is 5.54 Å². The molecule has 1 aromatic rings. The number of aromatic nitrogens is 2. The molecule has 0 aliphatic rings. The van der Waals surface area contributed by atoms with Crippen molar-refractivity contribution in [1.82, 2.24) is 14.9 Å². The van der Waals surface area contributed by atoms with Crippen molar-refractivity contribution in [3.8, 4) is 0 Å². The van der Waals surface area contributed by atoms with Gasteiger partial charge < -0.3 is 0 Å². The van der Waals surface area contributed by atoms with E-state index in [4.69, 9.17) is 0 Å². The van der Waals surface area contributed by atoms with Gasteiger partial charge in [0.2, 0.25) is 0 Å². The van der Waals surface area contributed by atoms with Crippen molar-refractivity contribution in [3.63, 3.8) is 0 Å². The second-order valence-corrected chi connectivity index (χ2v) is 4.09. The molecule has 0 atom stereocenters.